The summed E-state index contributed by atoms with van der Waals surface area (Å²) >= 11 is 2.81. The molecule has 8 atom stereocenters. The second kappa shape index (κ2) is 31.5. The van der Waals surface area contributed by atoms with Crippen molar-refractivity contribution in [1.29, 1.82) is 0 Å². The number of rotatable bonds is 11. The molecule has 1 saturated carbocycles. The van der Waals surface area contributed by atoms with E-state index in [9.17, 15) is 52.6 Å². The summed E-state index contributed by atoms with van der Waals surface area (Å²) in [5.41, 5.74) is 6.91. The number of H-pyrrole nitrogens is 3. The molecule has 31 heteroatoms. The lowest BCUT2D eigenvalue weighted by Crippen LogP contribution is -2.63. The zero-order chi connectivity index (χ0) is 70.7. The van der Waals surface area contributed by atoms with Gasteiger partial charge < -0.3 is 78.3 Å². The predicted octanol–water partition coefficient (Wildman–Crippen LogP) is 2.60. The average molecular weight is 1400 g/mol. The highest BCUT2D eigenvalue weighted by Crippen LogP contribution is 2.36. The van der Waals surface area contributed by atoms with Crippen molar-refractivity contribution in [3.8, 4) is 5.75 Å². The van der Waals surface area contributed by atoms with Gasteiger partial charge in [0, 0.05) is 108 Å². The zero-order valence-corrected chi connectivity index (χ0v) is 55.6. The number of carbonyl (C=O) groups excluding carboxylic acids is 10. The van der Waals surface area contributed by atoms with Gasteiger partial charge in [0.15, 0.2) is 0 Å². The fourth-order valence-electron chi connectivity index (χ4n) is 12.1. The normalized spacial score (nSPS) is 23.9. The highest BCUT2D eigenvalue weighted by molar-refractivity contribution is 7.98. The molecule has 2 fully saturated rings. The number of aromatic amines is 3. The number of thioether (sulfide) groups is 2. The maximum atomic E-state index is 15.2. The Morgan fingerprint density at radius 3 is 1.79 bits per heavy atom. The predicted molar refractivity (Wildman–Crippen MR) is 362 cm³/mol. The smallest absolute Gasteiger partial charge is 0.305 e. The van der Waals surface area contributed by atoms with Crippen LogP contribution in [0.15, 0.2) is 110 Å². The molecular weight excluding hydrogens is 1320 g/mol. The van der Waals surface area contributed by atoms with Gasteiger partial charge in [0.2, 0.25) is 59.1 Å². The molecule has 1 aliphatic carbocycles. The fraction of sp³-hybridized carbons (Fsp3) is 0.382. The number of carbonyl (C=O) groups is 11. The minimum absolute atomic E-state index is 0.0189. The molecule has 0 radical (unpaired) electrons. The van der Waals surface area contributed by atoms with Gasteiger partial charge in [0.25, 0.3) is 0 Å². The molecular formula is C68H76F2N14O13S2. The average Bonchev–Trinajstić information content (AvgIpc) is 1.65. The van der Waals surface area contributed by atoms with Gasteiger partial charge in [-0.15, -0.1) is 0 Å². The molecule has 4 aromatic carbocycles. The van der Waals surface area contributed by atoms with E-state index in [0.29, 0.717) is 51.2 Å². The number of nitrogens with zero attached hydrogens (tertiary/aromatic N) is 2. The van der Waals surface area contributed by atoms with Crippen LogP contribution in [0, 0.1) is 11.6 Å². The summed E-state index contributed by atoms with van der Waals surface area (Å²) < 4.78 is 29.8. The van der Waals surface area contributed by atoms with Crippen LogP contribution < -0.4 is 48.3 Å². The lowest BCUT2D eigenvalue weighted by atomic mass is 9.95. The van der Waals surface area contributed by atoms with Crippen LogP contribution in [0.4, 0.5) is 8.78 Å². The lowest BCUT2D eigenvalue weighted by Gasteiger charge is -2.37. The van der Waals surface area contributed by atoms with Gasteiger partial charge in [-0.3, -0.25) is 52.7 Å². The van der Waals surface area contributed by atoms with Crippen molar-refractivity contribution in [3.63, 3.8) is 0 Å². The summed E-state index contributed by atoms with van der Waals surface area (Å²) in [4.78, 5) is 171. The number of nitrogens with one attached hydrogen (secondary N) is 11. The summed E-state index contributed by atoms with van der Waals surface area (Å²) in [6.07, 6.45) is 3.97. The first-order chi connectivity index (χ1) is 47.3. The topological polar surface area (TPSA) is 414 Å². The van der Waals surface area contributed by atoms with Gasteiger partial charge in [-0.25, -0.2) is 13.8 Å². The number of nitrogens with two attached hydrogens (primary N) is 1. The second-order valence-electron chi connectivity index (χ2n) is 25.2. The second-order valence-corrected chi connectivity index (χ2v) is 27.4. The minimum Gasteiger partial charge on any atom is -0.508 e. The van der Waals surface area contributed by atoms with Crippen LogP contribution in [0.25, 0.3) is 21.8 Å². The monoisotopic (exact) mass is 1400 g/mol. The quantitative estimate of drug-likeness (QED) is 0.0885. The van der Waals surface area contributed by atoms with E-state index in [1.54, 1.807) is 0 Å². The Labute approximate surface area is 574 Å². The number of hydrogen-bond donors (Lipinski definition) is 14. The number of aromatic hydroxyl groups is 1. The Morgan fingerprint density at radius 1 is 0.646 bits per heavy atom. The van der Waals surface area contributed by atoms with Gasteiger partial charge in [0.05, 0.1) is 12.7 Å². The molecule has 1 saturated heterocycles. The van der Waals surface area contributed by atoms with Crippen LogP contribution in [0.2, 0.25) is 0 Å². The van der Waals surface area contributed by atoms with Crippen molar-refractivity contribution < 1.29 is 71.7 Å². The summed E-state index contributed by atoms with van der Waals surface area (Å²) in [5, 5.41) is 42.3. The number of phenols is 1. The number of fused-ring (bicyclic) bond motifs is 5. The first kappa shape index (κ1) is 71.5. The number of primary amides is 1. The van der Waals surface area contributed by atoms with E-state index in [1.807, 2.05) is 24.3 Å². The third-order valence-electron chi connectivity index (χ3n) is 17.8. The Morgan fingerprint density at radius 2 is 1.21 bits per heavy atom. The van der Waals surface area contributed by atoms with Gasteiger partial charge in [-0.05, 0) is 116 Å². The summed E-state index contributed by atoms with van der Waals surface area (Å²) in [5.74, 6) is -10.4. The van der Waals surface area contributed by atoms with E-state index in [-0.39, 0.29) is 79.6 Å². The molecule has 522 valence electrons. The number of imidazole rings is 1. The highest BCUT2D eigenvalue weighted by Gasteiger charge is 2.52. The molecule has 1 spiro atoms. The standard InChI is InChI=1S/C68H76F2N14O13S2/c1-36-59(90)77-50(23-40-29-73-48-13-9-42(69)25-46(40)48)60(91)78-51(24-41-30-74-49-14-10-43(70)26-47(41)49)61(92)80-53(28-57(87)88)63(94)79-52(27-44-31-72-35-75-44)62(93)81-54(22-37-7-11-45(85)12-8-37)64(95)84-19-4-16-67(84,2)65(96)82-55(58(71)89)34-99-33-39-6-3-5-38(21-39)32-98-20-15-56(86)83-68(17-18-68)66(97)76-36/h3,5-14,21,25-26,29-31,35-36,50-55,73-74,85H,4,15-20,22-24,27-28,32-34H2,1-2H3,(H2,71,89)(H,72,75)(H,76,97)(H,77,90)(H,78,91)(H,79,94)(H,80,92)(H,81,93)(H,82,96)(H,83,86)(H,87,88)/t36-,50+,51+,52+,53+,54+,55+,67+/m1/s1. The maximum absolute atomic E-state index is 15.2. The molecule has 2 aliphatic heterocycles. The minimum atomic E-state index is -2.04. The van der Waals surface area contributed by atoms with Crippen LogP contribution >= 0.6 is 23.5 Å². The summed E-state index contributed by atoms with van der Waals surface area (Å²) in [7, 11) is 0. The van der Waals surface area contributed by atoms with Crippen molar-refractivity contribution in [1.82, 2.24) is 67.4 Å². The van der Waals surface area contributed by atoms with Crippen molar-refractivity contribution in [3.05, 3.63) is 155 Å². The first-order valence-electron chi connectivity index (χ1n) is 32.1. The van der Waals surface area contributed by atoms with Crippen molar-refractivity contribution >= 4 is 110 Å². The Kier molecular flexibility index (Phi) is 22.7. The highest BCUT2D eigenvalue weighted by atomic mass is 32.2. The SMILES string of the molecule is C[C@H]1NC(=O)C2(CC2)NC(=O)CCSCc2cccc(c2)CSC[C@@H](C(N)=O)NC(=O)[C@]2(C)CCCN2C(=O)[C@H](Cc2ccc(O)cc2)NC(=O)[C@H](Cc2cnc[nH]2)NC(=O)[C@H](CC(=O)O)NC(=O)[C@H](Cc2c[nH]c3ccc(F)cc23)NC(=O)[C@H](Cc2c[nH]c3ccc(F)cc23)NC1=O. The molecule has 2 bridgehead atoms. The van der Waals surface area contributed by atoms with Gasteiger partial charge >= 0.3 is 5.97 Å². The molecule has 15 N–H and O–H groups in total. The van der Waals surface area contributed by atoms with E-state index in [1.165, 1.54) is 128 Å². The fourth-order valence-corrected chi connectivity index (χ4v) is 14.0. The van der Waals surface area contributed by atoms with Gasteiger partial charge in [-0.1, -0.05) is 36.4 Å². The number of benzene rings is 4. The lowest BCUT2D eigenvalue weighted by molar-refractivity contribution is -0.147. The van der Waals surface area contributed by atoms with Gasteiger partial charge in [-0.2, -0.15) is 23.5 Å². The molecule has 7 aromatic rings. The van der Waals surface area contributed by atoms with Crippen molar-refractivity contribution in [2.24, 2.45) is 5.73 Å². The van der Waals surface area contributed by atoms with Crippen molar-refractivity contribution in [2.75, 3.05) is 18.1 Å². The number of amides is 10. The zero-order valence-electron chi connectivity index (χ0n) is 54.0. The third-order valence-corrected chi connectivity index (χ3v) is 20.0. The van der Waals surface area contributed by atoms with E-state index >= 15 is 19.2 Å². The maximum Gasteiger partial charge on any atom is 0.305 e. The molecule has 10 amide bonds. The Bertz CT molecular complexity index is 4210. The van der Waals surface area contributed by atoms with Crippen LogP contribution in [0.1, 0.15) is 85.9 Å². The van der Waals surface area contributed by atoms with Crippen LogP contribution in [-0.2, 0) is 89.9 Å². The number of aliphatic carboxylic acids is 1. The van der Waals surface area contributed by atoms with E-state index in [2.05, 4.69) is 62.5 Å². The van der Waals surface area contributed by atoms with Gasteiger partial charge in [0.1, 0.15) is 70.8 Å². The number of aromatic nitrogens is 4. The third kappa shape index (κ3) is 18.1. The molecule has 27 nitrogen and oxygen atoms in total. The number of carboxylic acid groups (broad SMARTS) is 1. The molecule has 3 aromatic heterocycles. The molecule has 5 heterocycles. The largest absolute Gasteiger partial charge is 0.508 e. The number of hydrogen-bond acceptors (Lipinski definition) is 15. The number of halogens is 2. The molecule has 99 heavy (non-hydrogen) atoms. The van der Waals surface area contributed by atoms with E-state index < -0.39 is 143 Å². The number of carboxylic acids is 1. The summed E-state index contributed by atoms with van der Waals surface area (Å²) in [6.45, 7) is 2.89. The van der Waals surface area contributed by atoms with Crippen molar-refractivity contribution in [2.45, 2.75) is 143 Å². The Balaban J connectivity index is 0.982. The van der Waals surface area contributed by atoms with Crippen LogP contribution in [-0.4, -0.2) is 172 Å². The Hall–Kier alpha value is -10.3. The number of phenolic OH excluding ortho intramolecular Hbond substituents is 1. The first-order valence-corrected chi connectivity index (χ1v) is 34.4. The van der Waals surface area contributed by atoms with E-state index in [4.69, 9.17) is 5.73 Å². The molecule has 3 aliphatic rings. The molecule has 10 rings (SSSR count). The van der Waals surface area contributed by atoms with E-state index in [0.717, 1.165) is 11.1 Å². The molecule has 0 unspecified atom stereocenters. The summed E-state index contributed by atoms with van der Waals surface area (Å²) in [6, 6.07) is 9.82. The van der Waals surface area contributed by atoms with Crippen LogP contribution in [0.5, 0.6) is 5.75 Å². The van der Waals surface area contributed by atoms with Crippen LogP contribution in [0.3, 0.4) is 0 Å².